The first-order chi connectivity index (χ1) is 11.1. The van der Waals surface area contributed by atoms with Gasteiger partial charge in [0.15, 0.2) is 0 Å². The van der Waals surface area contributed by atoms with Crippen molar-refractivity contribution in [3.05, 3.63) is 47.5 Å². The third-order valence-electron chi connectivity index (χ3n) is 3.23. The van der Waals surface area contributed by atoms with E-state index in [0.29, 0.717) is 6.42 Å². The van der Waals surface area contributed by atoms with Crippen LogP contribution in [0.2, 0.25) is 0 Å². The Morgan fingerprint density at radius 2 is 1.48 bits per heavy atom. The van der Waals surface area contributed by atoms with Gasteiger partial charge in [-0.15, -0.1) is 0 Å². The predicted octanol–water partition coefficient (Wildman–Crippen LogP) is 1.99. The predicted molar refractivity (Wildman–Crippen MR) is 90.0 cm³/mol. The summed E-state index contributed by atoms with van der Waals surface area (Å²) in [6.07, 6.45) is 0.927. The molecule has 124 valence electrons. The van der Waals surface area contributed by atoms with Gasteiger partial charge in [0.05, 0.1) is 21.3 Å². The van der Waals surface area contributed by atoms with Crippen LogP contribution in [0.15, 0.2) is 36.4 Å². The van der Waals surface area contributed by atoms with Crippen LogP contribution < -0.4 is 25.7 Å². The van der Waals surface area contributed by atoms with E-state index in [1.165, 1.54) is 0 Å². The maximum atomic E-state index is 8.58. The van der Waals surface area contributed by atoms with E-state index in [9.17, 15) is 0 Å². The number of hydrogen-bond acceptors (Lipinski definition) is 5. The highest BCUT2D eigenvalue weighted by Gasteiger charge is 2.09. The minimum Gasteiger partial charge on any atom is -0.497 e. The summed E-state index contributed by atoms with van der Waals surface area (Å²) in [6.45, 7) is 0. The number of ether oxygens (including phenoxy) is 3. The molecule has 6 heteroatoms. The number of rotatable bonds is 5. The zero-order valence-corrected chi connectivity index (χ0v) is 13.5. The summed E-state index contributed by atoms with van der Waals surface area (Å²) in [6, 6.07) is 11.4. The normalized spacial score (nSPS) is 9.35. The van der Waals surface area contributed by atoms with Crippen LogP contribution in [0.5, 0.6) is 17.2 Å². The summed E-state index contributed by atoms with van der Waals surface area (Å²) in [7, 11) is 4.92. The molecule has 0 aliphatic rings. The van der Waals surface area contributed by atoms with Gasteiger partial charge in [-0.05, 0) is 35.4 Å². The average Bonchev–Trinajstić information content (AvgIpc) is 2.57. The Labute approximate surface area is 136 Å². The number of carbonyl (C=O) groups is 1. The number of amides is 1. The number of methoxy groups -OCH3 is 3. The maximum absolute atomic E-state index is 8.58. The van der Waals surface area contributed by atoms with Crippen LogP contribution in [0.25, 0.3) is 0 Å². The van der Waals surface area contributed by atoms with E-state index in [4.69, 9.17) is 24.7 Å². The highest BCUT2D eigenvalue weighted by Crippen LogP contribution is 2.29. The first-order valence-electron chi connectivity index (χ1n) is 6.88. The van der Waals surface area contributed by atoms with Gasteiger partial charge in [-0.2, -0.15) is 0 Å². The van der Waals surface area contributed by atoms with Gasteiger partial charge in [0.25, 0.3) is 0 Å². The summed E-state index contributed by atoms with van der Waals surface area (Å²) in [5.74, 6) is 2.34. The van der Waals surface area contributed by atoms with E-state index in [0.717, 1.165) is 34.1 Å². The molecule has 0 saturated carbocycles. The number of nitrogen functional groups attached to an aromatic ring is 1. The number of primary amides is 1. The van der Waals surface area contributed by atoms with E-state index in [1.54, 1.807) is 21.3 Å². The van der Waals surface area contributed by atoms with Crippen molar-refractivity contribution in [2.45, 2.75) is 6.42 Å². The van der Waals surface area contributed by atoms with Crippen molar-refractivity contribution in [3.8, 4) is 17.2 Å². The van der Waals surface area contributed by atoms with Gasteiger partial charge in [-0.3, -0.25) is 4.79 Å². The van der Waals surface area contributed by atoms with Gasteiger partial charge in [-0.1, -0.05) is 6.07 Å². The monoisotopic (exact) mass is 318 g/mol. The molecule has 2 rings (SSSR count). The fourth-order valence-electron chi connectivity index (χ4n) is 2.07. The lowest BCUT2D eigenvalue weighted by molar-refractivity contribution is -0.106. The molecule has 0 bridgehead atoms. The molecule has 6 nitrogen and oxygen atoms in total. The molecule has 23 heavy (non-hydrogen) atoms. The Hall–Kier alpha value is -2.89. The quantitative estimate of drug-likeness (QED) is 0.649. The van der Waals surface area contributed by atoms with Crippen molar-refractivity contribution in [1.82, 2.24) is 0 Å². The minimum atomic E-state index is 0.250. The molecule has 0 unspecified atom stereocenters. The standard InChI is InChI=1S/C16H19NO3.CH3NO/c1-18-13-6-7-15(17)12(9-13)8-11-4-5-14(19-2)10-16(11)20-3;2-1-3/h4-7,9-10H,8,17H2,1-3H3;1H,(H2,2,3). The van der Waals surface area contributed by atoms with Gasteiger partial charge in [-0.25, -0.2) is 0 Å². The zero-order valence-electron chi connectivity index (χ0n) is 13.5. The van der Waals surface area contributed by atoms with Crippen LogP contribution >= 0.6 is 0 Å². The van der Waals surface area contributed by atoms with Crippen LogP contribution in [0, 0.1) is 0 Å². The Kier molecular flexibility index (Phi) is 7.26. The molecule has 0 atom stereocenters. The summed E-state index contributed by atoms with van der Waals surface area (Å²) in [4.78, 5) is 8.58. The number of nitrogens with two attached hydrogens (primary N) is 2. The van der Waals surface area contributed by atoms with Gasteiger partial charge in [0, 0.05) is 18.2 Å². The molecule has 2 aromatic carbocycles. The van der Waals surface area contributed by atoms with E-state index in [1.807, 2.05) is 36.4 Å². The largest absolute Gasteiger partial charge is 0.497 e. The topological polar surface area (TPSA) is 96.8 Å². The molecular formula is C17H22N2O4. The molecular weight excluding hydrogens is 296 g/mol. The van der Waals surface area contributed by atoms with Gasteiger partial charge in [0.2, 0.25) is 6.41 Å². The van der Waals surface area contributed by atoms with Crippen molar-refractivity contribution in [3.63, 3.8) is 0 Å². The molecule has 0 aliphatic carbocycles. The van der Waals surface area contributed by atoms with Gasteiger partial charge >= 0.3 is 0 Å². The van der Waals surface area contributed by atoms with Crippen LogP contribution in [0.1, 0.15) is 11.1 Å². The summed E-state index contributed by atoms with van der Waals surface area (Å²) in [5.41, 5.74) is 13.0. The molecule has 0 heterocycles. The fraction of sp³-hybridized carbons (Fsp3) is 0.235. The van der Waals surface area contributed by atoms with E-state index in [-0.39, 0.29) is 6.41 Å². The first kappa shape index (κ1) is 18.2. The van der Waals surface area contributed by atoms with Gasteiger partial charge < -0.3 is 25.7 Å². The van der Waals surface area contributed by atoms with Crippen LogP contribution in [0.3, 0.4) is 0 Å². The van der Waals surface area contributed by atoms with Crippen molar-refractivity contribution >= 4 is 12.1 Å². The molecule has 0 aliphatic heterocycles. The lowest BCUT2D eigenvalue weighted by Crippen LogP contribution is -1.99. The second kappa shape index (κ2) is 9.19. The molecule has 0 fully saturated rings. The molecule has 4 N–H and O–H groups in total. The third-order valence-corrected chi connectivity index (χ3v) is 3.23. The molecule has 0 saturated heterocycles. The third kappa shape index (κ3) is 5.10. The summed E-state index contributed by atoms with van der Waals surface area (Å²) in [5, 5.41) is 0. The van der Waals surface area contributed by atoms with Gasteiger partial charge in [0.1, 0.15) is 17.2 Å². The van der Waals surface area contributed by atoms with Crippen molar-refractivity contribution in [2.75, 3.05) is 27.1 Å². The number of benzene rings is 2. The zero-order chi connectivity index (χ0) is 17.2. The van der Waals surface area contributed by atoms with Crippen LogP contribution in [-0.2, 0) is 11.2 Å². The maximum Gasteiger partial charge on any atom is 0.204 e. The van der Waals surface area contributed by atoms with Crippen LogP contribution in [-0.4, -0.2) is 27.7 Å². The molecule has 2 aromatic rings. The number of carbonyl (C=O) groups excluding carboxylic acids is 1. The Bertz CT molecular complexity index is 644. The summed E-state index contributed by atoms with van der Waals surface area (Å²) < 4.78 is 15.8. The highest BCUT2D eigenvalue weighted by atomic mass is 16.5. The van der Waals surface area contributed by atoms with E-state index >= 15 is 0 Å². The van der Waals surface area contributed by atoms with Crippen LogP contribution in [0.4, 0.5) is 5.69 Å². The number of hydrogen-bond donors (Lipinski definition) is 2. The molecule has 0 aromatic heterocycles. The minimum absolute atomic E-state index is 0.250. The van der Waals surface area contributed by atoms with E-state index in [2.05, 4.69) is 5.73 Å². The molecule has 0 radical (unpaired) electrons. The second-order valence-corrected chi connectivity index (χ2v) is 4.56. The number of anilines is 1. The van der Waals surface area contributed by atoms with Crippen molar-refractivity contribution < 1.29 is 19.0 Å². The van der Waals surface area contributed by atoms with Crippen molar-refractivity contribution in [2.24, 2.45) is 5.73 Å². The fourth-order valence-corrected chi connectivity index (χ4v) is 2.07. The average molecular weight is 318 g/mol. The smallest absolute Gasteiger partial charge is 0.204 e. The van der Waals surface area contributed by atoms with Crippen molar-refractivity contribution in [1.29, 1.82) is 0 Å². The SMILES string of the molecule is COc1ccc(N)c(Cc2ccc(OC)cc2OC)c1.NC=O. The first-order valence-corrected chi connectivity index (χ1v) is 6.88. The Balaban J connectivity index is 0.000000816. The second-order valence-electron chi connectivity index (χ2n) is 4.56. The molecule has 0 spiro atoms. The Morgan fingerprint density at radius 3 is 2.04 bits per heavy atom. The molecule has 1 amide bonds. The summed E-state index contributed by atoms with van der Waals surface area (Å²) >= 11 is 0. The lowest BCUT2D eigenvalue weighted by atomic mass is 10.0. The van der Waals surface area contributed by atoms with E-state index < -0.39 is 0 Å². The Morgan fingerprint density at radius 1 is 0.913 bits per heavy atom. The highest BCUT2D eigenvalue weighted by molar-refractivity contribution is 5.54. The lowest BCUT2D eigenvalue weighted by Gasteiger charge is -2.12.